The van der Waals surface area contributed by atoms with Crippen LogP contribution in [0.5, 0.6) is 11.6 Å². The molecule has 0 bridgehead atoms. The third-order valence-electron chi connectivity index (χ3n) is 1.89. The first-order valence-electron chi connectivity index (χ1n) is 4.72. The number of ether oxygens (including phenoxy) is 1. The zero-order chi connectivity index (χ0) is 12.3. The lowest BCUT2D eigenvalue weighted by molar-refractivity contribution is 0.462. The standard InChI is InChI=1S/C10H10BrN5O/c11-6-2-1-3-7(4-6)17-9-5-8(16-13)14-10(12)15-9/h1-5H,13H2,(H3,12,14,15,16). The SMILES string of the molecule is NNc1cc(Oc2cccc(Br)c2)nc(N)n1. The minimum atomic E-state index is 0.0884. The molecule has 0 atom stereocenters. The first kappa shape index (κ1) is 11.6. The van der Waals surface area contributed by atoms with Crippen molar-refractivity contribution in [1.29, 1.82) is 0 Å². The van der Waals surface area contributed by atoms with Crippen molar-refractivity contribution in [2.75, 3.05) is 11.2 Å². The molecule has 0 aliphatic heterocycles. The number of hydrazine groups is 1. The van der Waals surface area contributed by atoms with Gasteiger partial charge in [-0.3, -0.25) is 0 Å². The smallest absolute Gasteiger partial charge is 0.226 e. The van der Waals surface area contributed by atoms with E-state index in [0.29, 0.717) is 17.4 Å². The van der Waals surface area contributed by atoms with Gasteiger partial charge in [-0.2, -0.15) is 9.97 Å². The molecule has 7 heteroatoms. The third kappa shape index (κ3) is 3.05. The van der Waals surface area contributed by atoms with E-state index in [0.717, 1.165) is 4.47 Å². The highest BCUT2D eigenvalue weighted by atomic mass is 79.9. The van der Waals surface area contributed by atoms with Gasteiger partial charge in [-0.15, -0.1) is 0 Å². The normalized spacial score (nSPS) is 10.0. The second-order valence-corrected chi connectivity index (χ2v) is 4.07. The lowest BCUT2D eigenvalue weighted by Gasteiger charge is -2.07. The third-order valence-corrected chi connectivity index (χ3v) is 2.38. The number of benzene rings is 1. The molecule has 0 unspecified atom stereocenters. The number of halogens is 1. The predicted molar refractivity (Wildman–Crippen MR) is 68.5 cm³/mol. The zero-order valence-corrected chi connectivity index (χ0v) is 10.3. The Hall–Kier alpha value is -1.86. The van der Waals surface area contributed by atoms with E-state index in [9.17, 15) is 0 Å². The van der Waals surface area contributed by atoms with Crippen LogP contribution >= 0.6 is 15.9 Å². The Kier molecular flexibility index (Phi) is 3.40. The number of anilines is 2. The first-order valence-corrected chi connectivity index (χ1v) is 5.51. The Labute approximate surface area is 106 Å². The van der Waals surface area contributed by atoms with Gasteiger partial charge in [0.2, 0.25) is 11.8 Å². The summed E-state index contributed by atoms with van der Waals surface area (Å²) in [5.74, 6) is 6.69. The van der Waals surface area contributed by atoms with Gasteiger partial charge in [-0.1, -0.05) is 22.0 Å². The fourth-order valence-electron chi connectivity index (χ4n) is 1.22. The van der Waals surface area contributed by atoms with Crippen LogP contribution in [0, 0.1) is 0 Å². The Balaban J connectivity index is 2.26. The molecule has 0 saturated heterocycles. The highest BCUT2D eigenvalue weighted by Crippen LogP contribution is 2.24. The largest absolute Gasteiger partial charge is 0.439 e. The molecule has 0 saturated carbocycles. The molecule has 0 aliphatic rings. The zero-order valence-electron chi connectivity index (χ0n) is 8.72. The Morgan fingerprint density at radius 3 is 2.76 bits per heavy atom. The van der Waals surface area contributed by atoms with Crippen molar-refractivity contribution in [1.82, 2.24) is 9.97 Å². The summed E-state index contributed by atoms with van der Waals surface area (Å²) >= 11 is 3.35. The molecule has 17 heavy (non-hydrogen) atoms. The minimum absolute atomic E-state index is 0.0884. The van der Waals surface area contributed by atoms with E-state index in [4.69, 9.17) is 16.3 Å². The van der Waals surface area contributed by atoms with Gasteiger partial charge in [0.05, 0.1) is 0 Å². The molecular weight excluding hydrogens is 286 g/mol. The van der Waals surface area contributed by atoms with Crippen LogP contribution in [-0.4, -0.2) is 9.97 Å². The summed E-state index contributed by atoms with van der Waals surface area (Å²) in [7, 11) is 0. The lowest BCUT2D eigenvalue weighted by atomic mass is 10.3. The number of nitrogens with two attached hydrogens (primary N) is 2. The predicted octanol–water partition coefficient (Wildman–Crippen LogP) is 1.90. The van der Waals surface area contributed by atoms with Crippen LogP contribution in [-0.2, 0) is 0 Å². The van der Waals surface area contributed by atoms with E-state index in [-0.39, 0.29) is 5.95 Å². The molecule has 88 valence electrons. The summed E-state index contributed by atoms with van der Waals surface area (Å²) in [5, 5.41) is 0. The summed E-state index contributed by atoms with van der Waals surface area (Å²) in [6, 6.07) is 8.92. The number of nitrogens with zero attached hydrogens (tertiary/aromatic N) is 2. The van der Waals surface area contributed by atoms with Gasteiger partial charge < -0.3 is 15.9 Å². The molecule has 2 aromatic rings. The van der Waals surface area contributed by atoms with Crippen molar-refractivity contribution in [2.45, 2.75) is 0 Å². The molecule has 5 N–H and O–H groups in total. The van der Waals surface area contributed by atoms with Crippen molar-refractivity contribution in [2.24, 2.45) is 5.84 Å². The van der Waals surface area contributed by atoms with Crippen molar-refractivity contribution >= 4 is 27.7 Å². The van der Waals surface area contributed by atoms with Gasteiger partial charge in [0.1, 0.15) is 11.6 Å². The van der Waals surface area contributed by atoms with Crippen LogP contribution in [0.1, 0.15) is 0 Å². The Morgan fingerprint density at radius 2 is 2.06 bits per heavy atom. The van der Waals surface area contributed by atoms with Crippen LogP contribution in [0.15, 0.2) is 34.8 Å². The molecule has 1 aromatic carbocycles. The molecule has 0 aliphatic carbocycles. The van der Waals surface area contributed by atoms with Gasteiger partial charge in [0.25, 0.3) is 0 Å². The first-order chi connectivity index (χ1) is 8.17. The summed E-state index contributed by atoms with van der Waals surface area (Å²) in [4.78, 5) is 7.79. The maximum atomic E-state index is 5.53. The van der Waals surface area contributed by atoms with Gasteiger partial charge in [-0.25, -0.2) is 5.84 Å². The van der Waals surface area contributed by atoms with Gasteiger partial charge in [0, 0.05) is 10.5 Å². The number of rotatable bonds is 3. The van der Waals surface area contributed by atoms with Gasteiger partial charge in [-0.05, 0) is 18.2 Å². The van der Waals surface area contributed by atoms with Crippen LogP contribution in [0.3, 0.4) is 0 Å². The summed E-state index contributed by atoms with van der Waals surface area (Å²) in [6.45, 7) is 0. The summed E-state index contributed by atoms with van der Waals surface area (Å²) in [6.07, 6.45) is 0. The fraction of sp³-hybridized carbons (Fsp3) is 0. The number of hydrogen-bond donors (Lipinski definition) is 3. The molecule has 0 amide bonds. The van der Waals surface area contributed by atoms with Crippen LogP contribution in [0.25, 0.3) is 0 Å². The van der Waals surface area contributed by atoms with Crippen LogP contribution in [0.2, 0.25) is 0 Å². The average molecular weight is 296 g/mol. The monoisotopic (exact) mass is 295 g/mol. The Morgan fingerprint density at radius 1 is 1.24 bits per heavy atom. The molecule has 0 fully saturated rings. The van der Waals surface area contributed by atoms with Crippen molar-refractivity contribution in [3.05, 3.63) is 34.8 Å². The van der Waals surface area contributed by atoms with E-state index in [1.54, 1.807) is 12.1 Å². The van der Waals surface area contributed by atoms with Crippen molar-refractivity contribution in [3.8, 4) is 11.6 Å². The summed E-state index contributed by atoms with van der Waals surface area (Å²) in [5.41, 5.74) is 7.90. The van der Waals surface area contributed by atoms with E-state index < -0.39 is 0 Å². The highest BCUT2D eigenvalue weighted by molar-refractivity contribution is 9.10. The molecule has 1 aromatic heterocycles. The Bertz CT molecular complexity index is 534. The molecule has 2 rings (SSSR count). The number of nitrogen functional groups attached to an aromatic ring is 2. The quantitative estimate of drug-likeness (QED) is 0.591. The number of aromatic nitrogens is 2. The average Bonchev–Trinajstić information content (AvgIpc) is 2.28. The van der Waals surface area contributed by atoms with Gasteiger partial charge in [0.15, 0.2) is 0 Å². The van der Waals surface area contributed by atoms with E-state index in [1.165, 1.54) is 0 Å². The van der Waals surface area contributed by atoms with E-state index >= 15 is 0 Å². The molecule has 6 nitrogen and oxygen atoms in total. The minimum Gasteiger partial charge on any atom is -0.439 e. The van der Waals surface area contributed by atoms with E-state index in [1.807, 2.05) is 18.2 Å². The number of nitrogens with one attached hydrogen (secondary N) is 1. The second kappa shape index (κ2) is 4.98. The molecule has 0 radical (unpaired) electrons. The van der Waals surface area contributed by atoms with Crippen LogP contribution in [0.4, 0.5) is 11.8 Å². The lowest BCUT2D eigenvalue weighted by Crippen LogP contribution is -2.10. The molecule has 1 heterocycles. The molecule has 0 spiro atoms. The topological polar surface area (TPSA) is 99.1 Å². The van der Waals surface area contributed by atoms with Crippen molar-refractivity contribution < 1.29 is 4.74 Å². The summed E-state index contributed by atoms with van der Waals surface area (Å²) < 4.78 is 6.44. The maximum absolute atomic E-state index is 5.53. The van der Waals surface area contributed by atoms with E-state index in [2.05, 4.69) is 31.3 Å². The highest BCUT2D eigenvalue weighted by Gasteiger charge is 2.04. The number of hydrogen-bond acceptors (Lipinski definition) is 6. The van der Waals surface area contributed by atoms with Crippen LogP contribution < -0.4 is 21.7 Å². The van der Waals surface area contributed by atoms with Crippen molar-refractivity contribution in [3.63, 3.8) is 0 Å². The second-order valence-electron chi connectivity index (χ2n) is 3.15. The fourth-order valence-corrected chi connectivity index (χ4v) is 1.60. The maximum Gasteiger partial charge on any atom is 0.226 e. The van der Waals surface area contributed by atoms with Gasteiger partial charge >= 0.3 is 0 Å². The molecular formula is C10H10BrN5O.